The van der Waals surface area contributed by atoms with Gasteiger partial charge in [-0.25, -0.2) is 0 Å². The van der Waals surface area contributed by atoms with Gasteiger partial charge < -0.3 is 14.8 Å². The number of para-hydroxylation sites is 2. The lowest BCUT2D eigenvalue weighted by atomic mass is 10.1. The number of hydrogen-bond acceptors (Lipinski definition) is 5. The van der Waals surface area contributed by atoms with Crippen LogP contribution in [0.15, 0.2) is 66.7 Å². The highest BCUT2D eigenvalue weighted by Gasteiger charge is 2.14. The molecule has 0 saturated carbocycles. The number of benzene rings is 3. The minimum Gasteiger partial charge on any atom is -0.493 e. The van der Waals surface area contributed by atoms with Crippen molar-refractivity contribution in [3.63, 3.8) is 0 Å². The molecule has 3 aromatic rings. The number of rotatable bonds is 7. The van der Waals surface area contributed by atoms with Crippen molar-refractivity contribution in [2.45, 2.75) is 6.61 Å². The van der Waals surface area contributed by atoms with Gasteiger partial charge in [0, 0.05) is 17.3 Å². The van der Waals surface area contributed by atoms with Crippen molar-refractivity contribution >= 4 is 28.9 Å². The van der Waals surface area contributed by atoms with E-state index in [1.54, 1.807) is 31.4 Å². The maximum Gasteiger partial charge on any atom is 0.289 e. The first kappa shape index (κ1) is 20.2. The Morgan fingerprint density at radius 3 is 2.41 bits per heavy atom. The molecule has 3 aromatic carbocycles. The molecule has 0 aliphatic heterocycles. The Labute approximate surface area is 172 Å². The number of halogens is 1. The molecule has 0 aliphatic rings. The van der Waals surface area contributed by atoms with Gasteiger partial charge in [-0.3, -0.25) is 14.9 Å². The van der Waals surface area contributed by atoms with Crippen LogP contribution in [-0.4, -0.2) is 17.9 Å². The Morgan fingerprint density at radius 1 is 1.07 bits per heavy atom. The molecule has 29 heavy (non-hydrogen) atoms. The molecule has 0 heterocycles. The molecular weight excluding hydrogens is 396 g/mol. The van der Waals surface area contributed by atoms with E-state index in [0.717, 1.165) is 5.56 Å². The second kappa shape index (κ2) is 9.07. The quantitative estimate of drug-likeness (QED) is 0.431. The summed E-state index contributed by atoms with van der Waals surface area (Å²) >= 11 is 5.78. The third kappa shape index (κ3) is 5.03. The highest BCUT2D eigenvalue weighted by molar-refractivity contribution is 6.32. The lowest BCUT2D eigenvalue weighted by molar-refractivity contribution is -0.384. The molecule has 148 valence electrons. The Balaban J connectivity index is 1.64. The van der Waals surface area contributed by atoms with E-state index < -0.39 is 4.92 Å². The number of hydrogen-bond donors (Lipinski definition) is 1. The molecule has 7 nitrogen and oxygen atoms in total. The molecule has 0 bridgehead atoms. The number of carbonyl (C=O) groups excluding carboxylic acids is 1. The first-order valence-electron chi connectivity index (χ1n) is 8.58. The molecule has 0 saturated heterocycles. The average molecular weight is 413 g/mol. The fraction of sp³-hybridized carbons (Fsp3) is 0.0952. The van der Waals surface area contributed by atoms with Crippen LogP contribution in [0.3, 0.4) is 0 Å². The summed E-state index contributed by atoms with van der Waals surface area (Å²) in [6.45, 7) is 0.311. The lowest BCUT2D eigenvalue weighted by Crippen LogP contribution is -2.12. The third-order valence-corrected chi connectivity index (χ3v) is 4.40. The van der Waals surface area contributed by atoms with Crippen LogP contribution >= 0.6 is 11.6 Å². The highest BCUT2D eigenvalue weighted by atomic mass is 35.5. The van der Waals surface area contributed by atoms with Crippen molar-refractivity contribution in [2.75, 3.05) is 12.4 Å². The predicted molar refractivity (Wildman–Crippen MR) is 110 cm³/mol. The largest absolute Gasteiger partial charge is 0.493 e. The van der Waals surface area contributed by atoms with Gasteiger partial charge in [-0.05, 0) is 42.0 Å². The number of anilines is 1. The number of nitro groups is 1. The zero-order valence-corrected chi connectivity index (χ0v) is 16.2. The maximum atomic E-state index is 12.4. The molecule has 3 rings (SSSR count). The molecular formula is C21H17ClN2O5. The monoisotopic (exact) mass is 412 g/mol. The summed E-state index contributed by atoms with van der Waals surface area (Å²) in [6, 6.07) is 18.3. The van der Waals surface area contributed by atoms with Gasteiger partial charge >= 0.3 is 0 Å². The van der Waals surface area contributed by atoms with Crippen LogP contribution < -0.4 is 14.8 Å². The average Bonchev–Trinajstić information content (AvgIpc) is 2.74. The van der Waals surface area contributed by atoms with E-state index in [-0.39, 0.29) is 22.3 Å². The Morgan fingerprint density at radius 2 is 1.76 bits per heavy atom. The van der Waals surface area contributed by atoms with E-state index in [2.05, 4.69) is 5.32 Å². The van der Waals surface area contributed by atoms with Gasteiger partial charge in [0.05, 0.1) is 12.0 Å². The fourth-order valence-corrected chi connectivity index (χ4v) is 2.77. The minimum absolute atomic E-state index is 0.00685. The number of ether oxygens (including phenoxy) is 2. The summed E-state index contributed by atoms with van der Waals surface area (Å²) in [7, 11) is 1.57. The van der Waals surface area contributed by atoms with Crippen molar-refractivity contribution < 1.29 is 19.2 Å². The van der Waals surface area contributed by atoms with Gasteiger partial charge in [-0.2, -0.15) is 0 Å². The number of carbonyl (C=O) groups is 1. The van der Waals surface area contributed by atoms with Crippen LogP contribution in [0.2, 0.25) is 5.02 Å². The summed E-state index contributed by atoms with van der Waals surface area (Å²) in [4.78, 5) is 22.8. The van der Waals surface area contributed by atoms with Crippen molar-refractivity contribution in [2.24, 2.45) is 0 Å². The summed E-state index contributed by atoms with van der Waals surface area (Å²) < 4.78 is 11.0. The molecule has 8 heteroatoms. The fourth-order valence-electron chi connectivity index (χ4n) is 2.59. The first-order chi connectivity index (χ1) is 14.0. The maximum absolute atomic E-state index is 12.4. The molecule has 0 atom stereocenters. The molecule has 0 aromatic heterocycles. The Kier molecular flexibility index (Phi) is 6.31. The van der Waals surface area contributed by atoms with Crippen molar-refractivity contribution in [1.29, 1.82) is 0 Å². The van der Waals surface area contributed by atoms with Crippen LogP contribution in [0.5, 0.6) is 11.5 Å². The third-order valence-electron chi connectivity index (χ3n) is 4.08. The minimum atomic E-state index is -0.603. The summed E-state index contributed by atoms with van der Waals surface area (Å²) in [5.74, 6) is 0.875. The summed E-state index contributed by atoms with van der Waals surface area (Å²) in [5.41, 5.74) is 1.29. The van der Waals surface area contributed by atoms with Crippen molar-refractivity contribution in [1.82, 2.24) is 0 Å². The zero-order chi connectivity index (χ0) is 20.8. The van der Waals surface area contributed by atoms with Crippen molar-refractivity contribution in [3.05, 3.63) is 93.0 Å². The van der Waals surface area contributed by atoms with E-state index in [9.17, 15) is 14.9 Å². The second-order valence-corrected chi connectivity index (χ2v) is 6.42. The molecule has 1 amide bonds. The number of nitrogens with one attached hydrogen (secondary N) is 1. The molecule has 1 N–H and O–H groups in total. The van der Waals surface area contributed by atoms with Crippen LogP contribution in [0.4, 0.5) is 11.4 Å². The van der Waals surface area contributed by atoms with E-state index >= 15 is 0 Å². The number of nitro benzene ring substituents is 1. The highest BCUT2D eigenvalue weighted by Crippen LogP contribution is 2.28. The van der Waals surface area contributed by atoms with E-state index in [1.807, 2.05) is 24.3 Å². The van der Waals surface area contributed by atoms with E-state index in [1.165, 1.54) is 18.2 Å². The topological polar surface area (TPSA) is 90.7 Å². The molecule has 0 fully saturated rings. The predicted octanol–water partition coefficient (Wildman–Crippen LogP) is 5.09. The SMILES string of the molecule is COc1ccccc1OCc1ccc(C(=O)Nc2ccc(Cl)c([N+](=O)[O-])c2)cc1. The smallest absolute Gasteiger partial charge is 0.289 e. The van der Waals surface area contributed by atoms with Gasteiger partial charge in [-0.1, -0.05) is 35.9 Å². The molecule has 0 aliphatic carbocycles. The summed E-state index contributed by atoms with van der Waals surface area (Å²) in [6.07, 6.45) is 0. The molecule has 0 spiro atoms. The normalized spacial score (nSPS) is 10.3. The van der Waals surface area contributed by atoms with Gasteiger partial charge in [0.25, 0.3) is 11.6 Å². The van der Waals surface area contributed by atoms with Gasteiger partial charge in [0.1, 0.15) is 11.6 Å². The van der Waals surface area contributed by atoms with E-state index in [4.69, 9.17) is 21.1 Å². The van der Waals surface area contributed by atoms with Crippen LogP contribution in [-0.2, 0) is 6.61 Å². The lowest BCUT2D eigenvalue weighted by Gasteiger charge is -2.11. The first-order valence-corrected chi connectivity index (χ1v) is 8.96. The molecule has 0 unspecified atom stereocenters. The van der Waals surface area contributed by atoms with Crippen molar-refractivity contribution in [3.8, 4) is 11.5 Å². The molecule has 0 radical (unpaired) electrons. The second-order valence-electron chi connectivity index (χ2n) is 6.01. The van der Waals surface area contributed by atoms with Gasteiger partial charge in [0.2, 0.25) is 0 Å². The standard InChI is InChI=1S/C21H17ClN2O5/c1-28-19-4-2-3-5-20(19)29-13-14-6-8-15(9-7-14)21(25)23-16-10-11-17(22)18(12-16)24(26)27/h2-12H,13H2,1H3,(H,23,25). The van der Waals surface area contributed by atoms with Crippen LogP contribution in [0, 0.1) is 10.1 Å². The number of amides is 1. The Bertz CT molecular complexity index is 1040. The Hall–Kier alpha value is -3.58. The number of methoxy groups -OCH3 is 1. The van der Waals surface area contributed by atoms with Crippen LogP contribution in [0.25, 0.3) is 0 Å². The van der Waals surface area contributed by atoms with Gasteiger partial charge in [-0.15, -0.1) is 0 Å². The number of nitrogens with zero attached hydrogens (tertiary/aromatic N) is 1. The van der Waals surface area contributed by atoms with E-state index in [0.29, 0.717) is 23.7 Å². The summed E-state index contributed by atoms with van der Waals surface area (Å²) in [5, 5.41) is 13.6. The van der Waals surface area contributed by atoms with Crippen LogP contribution in [0.1, 0.15) is 15.9 Å². The van der Waals surface area contributed by atoms with Gasteiger partial charge in [0.15, 0.2) is 11.5 Å². The zero-order valence-electron chi connectivity index (χ0n) is 15.4.